The van der Waals surface area contributed by atoms with Gasteiger partial charge in [0.1, 0.15) is 11.6 Å². The van der Waals surface area contributed by atoms with Crippen LogP contribution in [0, 0.1) is 0 Å². The molecule has 1 atom stereocenters. The monoisotopic (exact) mass is 288 g/mol. The van der Waals surface area contributed by atoms with E-state index in [-0.39, 0.29) is 11.9 Å². The van der Waals surface area contributed by atoms with E-state index in [1.807, 2.05) is 42.9 Å². The van der Waals surface area contributed by atoms with Gasteiger partial charge in [-0.2, -0.15) is 0 Å². The highest BCUT2D eigenvalue weighted by molar-refractivity contribution is 5.90. The number of carbonyl (C=O) groups is 1. The van der Waals surface area contributed by atoms with Crippen molar-refractivity contribution in [2.45, 2.75) is 19.9 Å². The van der Waals surface area contributed by atoms with Gasteiger partial charge in [-0.1, -0.05) is 0 Å². The number of nitrogens with one attached hydrogen (secondary N) is 2. The molecule has 6 nitrogen and oxygen atoms in total. The molecule has 0 bridgehead atoms. The van der Waals surface area contributed by atoms with Gasteiger partial charge in [-0.3, -0.25) is 4.79 Å². The predicted molar refractivity (Wildman–Crippen MR) is 82.5 cm³/mol. The number of rotatable bonds is 5. The lowest BCUT2D eigenvalue weighted by atomic mass is 10.2. The van der Waals surface area contributed by atoms with Crippen LogP contribution in [0.4, 0.5) is 11.4 Å². The molecular weight excluding hydrogens is 268 g/mol. The summed E-state index contributed by atoms with van der Waals surface area (Å²) >= 11 is 0. The van der Waals surface area contributed by atoms with Gasteiger partial charge in [0.15, 0.2) is 0 Å². The Morgan fingerprint density at radius 2 is 2.19 bits per heavy atom. The van der Waals surface area contributed by atoms with Crippen LogP contribution >= 0.6 is 0 Å². The number of nitrogens with zero attached hydrogens (tertiary/aromatic N) is 2. The average molecular weight is 288 g/mol. The number of aryl methyl sites for hydroxylation is 1. The molecule has 0 aliphatic carbocycles. The predicted octanol–water partition coefficient (Wildman–Crippen LogP) is 2.56. The summed E-state index contributed by atoms with van der Waals surface area (Å²) in [5.41, 5.74) is 1.55. The Morgan fingerprint density at radius 1 is 1.43 bits per heavy atom. The van der Waals surface area contributed by atoms with Crippen molar-refractivity contribution in [3.63, 3.8) is 0 Å². The first-order chi connectivity index (χ1) is 10.0. The van der Waals surface area contributed by atoms with Gasteiger partial charge in [-0.25, -0.2) is 4.98 Å². The summed E-state index contributed by atoms with van der Waals surface area (Å²) in [5, 5.41) is 6.10. The highest BCUT2D eigenvalue weighted by Crippen LogP contribution is 2.29. The molecule has 0 fully saturated rings. The fraction of sp³-hybridized carbons (Fsp3) is 0.333. The average Bonchev–Trinajstić information content (AvgIpc) is 2.86. The molecule has 1 amide bonds. The molecule has 0 aliphatic rings. The van der Waals surface area contributed by atoms with Crippen LogP contribution in [0.1, 0.15) is 25.7 Å². The van der Waals surface area contributed by atoms with Crippen molar-refractivity contribution >= 4 is 17.3 Å². The van der Waals surface area contributed by atoms with E-state index >= 15 is 0 Å². The molecule has 0 radical (unpaired) electrons. The molecule has 1 unspecified atom stereocenters. The smallest absolute Gasteiger partial charge is 0.221 e. The molecular formula is C15H20N4O2. The summed E-state index contributed by atoms with van der Waals surface area (Å²) < 4.78 is 7.28. The van der Waals surface area contributed by atoms with Crippen LogP contribution in [0.3, 0.4) is 0 Å². The Labute approximate surface area is 124 Å². The summed E-state index contributed by atoms with van der Waals surface area (Å²) in [6, 6.07) is 5.62. The quantitative estimate of drug-likeness (QED) is 0.887. The van der Waals surface area contributed by atoms with Gasteiger partial charge >= 0.3 is 0 Å². The topological polar surface area (TPSA) is 68.2 Å². The standard InChI is InChI=1S/C15H20N4O2/c1-10(15-16-7-8-19(15)3)17-12-5-6-13(18-11(2)20)14(9-12)21-4/h5-10,17H,1-4H3,(H,18,20). The highest BCUT2D eigenvalue weighted by Gasteiger charge is 2.12. The molecule has 21 heavy (non-hydrogen) atoms. The number of methoxy groups -OCH3 is 1. The molecule has 2 rings (SSSR count). The van der Waals surface area contributed by atoms with E-state index in [2.05, 4.69) is 15.6 Å². The van der Waals surface area contributed by atoms with E-state index in [0.29, 0.717) is 11.4 Å². The maximum atomic E-state index is 11.1. The number of hydrogen-bond donors (Lipinski definition) is 2. The minimum atomic E-state index is -0.129. The van der Waals surface area contributed by atoms with Gasteiger partial charge < -0.3 is 19.9 Å². The second-order valence-electron chi connectivity index (χ2n) is 4.86. The van der Waals surface area contributed by atoms with E-state index in [1.54, 1.807) is 13.3 Å². The lowest BCUT2D eigenvalue weighted by Gasteiger charge is -2.17. The molecule has 112 valence electrons. The normalized spacial score (nSPS) is 11.8. The van der Waals surface area contributed by atoms with Gasteiger partial charge in [0.2, 0.25) is 5.91 Å². The maximum Gasteiger partial charge on any atom is 0.221 e. The molecule has 0 saturated heterocycles. The molecule has 6 heteroatoms. The van der Waals surface area contributed by atoms with Gasteiger partial charge in [-0.05, 0) is 19.1 Å². The Hall–Kier alpha value is -2.50. The van der Waals surface area contributed by atoms with E-state index in [9.17, 15) is 4.79 Å². The number of aromatic nitrogens is 2. The second-order valence-corrected chi connectivity index (χ2v) is 4.86. The van der Waals surface area contributed by atoms with Crippen LogP contribution in [0.15, 0.2) is 30.6 Å². The van der Waals surface area contributed by atoms with Gasteiger partial charge in [-0.15, -0.1) is 0 Å². The fourth-order valence-corrected chi connectivity index (χ4v) is 2.18. The zero-order valence-corrected chi connectivity index (χ0v) is 12.7. The molecule has 0 spiro atoms. The van der Waals surface area contributed by atoms with Crippen LogP contribution in [0.25, 0.3) is 0 Å². The summed E-state index contributed by atoms with van der Waals surface area (Å²) in [6.07, 6.45) is 3.68. The number of amides is 1. The number of anilines is 2. The summed E-state index contributed by atoms with van der Waals surface area (Å²) in [6.45, 7) is 3.51. The summed E-state index contributed by atoms with van der Waals surface area (Å²) in [7, 11) is 3.54. The van der Waals surface area contributed by atoms with Crippen LogP contribution < -0.4 is 15.4 Å². The van der Waals surface area contributed by atoms with E-state index in [1.165, 1.54) is 6.92 Å². The van der Waals surface area contributed by atoms with Crippen molar-refractivity contribution < 1.29 is 9.53 Å². The van der Waals surface area contributed by atoms with Crippen molar-refractivity contribution in [3.8, 4) is 5.75 Å². The molecule has 0 saturated carbocycles. The van der Waals surface area contributed by atoms with E-state index in [0.717, 1.165) is 11.5 Å². The number of carbonyl (C=O) groups excluding carboxylic acids is 1. The third kappa shape index (κ3) is 3.53. The Kier molecular flexibility index (Phi) is 4.47. The minimum Gasteiger partial charge on any atom is -0.494 e. The van der Waals surface area contributed by atoms with Crippen molar-refractivity contribution in [2.75, 3.05) is 17.7 Å². The van der Waals surface area contributed by atoms with E-state index < -0.39 is 0 Å². The van der Waals surface area contributed by atoms with Gasteiger partial charge in [0.05, 0.1) is 18.8 Å². The molecule has 2 N–H and O–H groups in total. The van der Waals surface area contributed by atoms with Crippen molar-refractivity contribution in [2.24, 2.45) is 7.05 Å². The molecule has 1 aromatic carbocycles. The van der Waals surface area contributed by atoms with Crippen molar-refractivity contribution in [1.82, 2.24) is 9.55 Å². The maximum absolute atomic E-state index is 11.1. The fourth-order valence-electron chi connectivity index (χ4n) is 2.18. The zero-order valence-electron chi connectivity index (χ0n) is 12.7. The Balaban J connectivity index is 2.17. The van der Waals surface area contributed by atoms with Gasteiger partial charge in [0, 0.05) is 38.1 Å². The minimum absolute atomic E-state index is 0.0568. The van der Waals surface area contributed by atoms with Crippen LogP contribution in [0.5, 0.6) is 5.75 Å². The molecule has 1 aromatic heterocycles. The van der Waals surface area contributed by atoms with Crippen LogP contribution in [-0.2, 0) is 11.8 Å². The number of benzene rings is 1. The number of ether oxygens (including phenoxy) is 1. The summed E-state index contributed by atoms with van der Waals surface area (Å²) in [4.78, 5) is 15.5. The SMILES string of the molecule is COc1cc(NC(C)c2nccn2C)ccc1NC(C)=O. The first-order valence-electron chi connectivity index (χ1n) is 6.70. The first-order valence-corrected chi connectivity index (χ1v) is 6.70. The molecule has 1 heterocycles. The zero-order chi connectivity index (χ0) is 15.4. The largest absolute Gasteiger partial charge is 0.494 e. The summed E-state index contributed by atoms with van der Waals surface area (Å²) in [5.74, 6) is 1.43. The number of hydrogen-bond acceptors (Lipinski definition) is 4. The van der Waals surface area contributed by atoms with Crippen molar-refractivity contribution in [1.29, 1.82) is 0 Å². The highest BCUT2D eigenvalue weighted by atomic mass is 16.5. The van der Waals surface area contributed by atoms with Crippen molar-refractivity contribution in [3.05, 3.63) is 36.4 Å². The first kappa shape index (κ1) is 14.9. The lowest BCUT2D eigenvalue weighted by molar-refractivity contribution is -0.114. The number of imidazole rings is 1. The Morgan fingerprint density at radius 3 is 2.76 bits per heavy atom. The van der Waals surface area contributed by atoms with E-state index in [4.69, 9.17) is 4.74 Å². The second kappa shape index (κ2) is 6.30. The third-order valence-electron chi connectivity index (χ3n) is 3.14. The van der Waals surface area contributed by atoms with Crippen LogP contribution in [0.2, 0.25) is 0 Å². The lowest BCUT2D eigenvalue weighted by Crippen LogP contribution is -2.12. The van der Waals surface area contributed by atoms with Gasteiger partial charge in [0.25, 0.3) is 0 Å². The third-order valence-corrected chi connectivity index (χ3v) is 3.14. The molecule has 0 aliphatic heterocycles. The van der Waals surface area contributed by atoms with Crippen LogP contribution in [-0.4, -0.2) is 22.6 Å². The molecule has 2 aromatic rings. The Bertz CT molecular complexity index is 636.